The lowest BCUT2D eigenvalue weighted by Crippen LogP contribution is -2.41. The van der Waals surface area contributed by atoms with Gasteiger partial charge >= 0.3 is 0 Å². The van der Waals surface area contributed by atoms with E-state index < -0.39 is 0 Å². The molecule has 3 heteroatoms. The summed E-state index contributed by atoms with van der Waals surface area (Å²) >= 11 is 0. The van der Waals surface area contributed by atoms with Gasteiger partial charge in [-0.25, -0.2) is 0 Å². The molecule has 1 aliphatic rings. The van der Waals surface area contributed by atoms with E-state index in [1.165, 1.54) is 6.42 Å². The summed E-state index contributed by atoms with van der Waals surface area (Å²) in [6.07, 6.45) is 5.94. The first kappa shape index (κ1) is 14.5. The first-order valence-corrected chi connectivity index (χ1v) is 7.07. The van der Waals surface area contributed by atoms with Crippen LogP contribution in [0.4, 0.5) is 0 Å². The van der Waals surface area contributed by atoms with Crippen LogP contribution in [0.1, 0.15) is 59.3 Å². The molecular formula is C14H28N2O. The Morgan fingerprint density at radius 3 is 2.65 bits per heavy atom. The predicted octanol–water partition coefficient (Wildman–Crippen LogP) is 2.44. The molecule has 0 aromatic heterocycles. The Labute approximate surface area is 106 Å². The van der Waals surface area contributed by atoms with Crippen LogP contribution in [0.5, 0.6) is 0 Å². The van der Waals surface area contributed by atoms with Crippen molar-refractivity contribution in [1.82, 2.24) is 5.32 Å². The van der Waals surface area contributed by atoms with Gasteiger partial charge in [0, 0.05) is 18.5 Å². The minimum absolute atomic E-state index is 0.0277. The van der Waals surface area contributed by atoms with Crippen molar-refractivity contribution in [2.45, 2.75) is 71.4 Å². The van der Waals surface area contributed by atoms with Gasteiger partial charge in [0.25, 0.3) is 0 Å². The van der Waals surface area contributed by atoms with Crippen LogP contribution in [0.15, 0.2) is 0 Å². The molecule has 0 heterocycles. The third-order valence-corrected chi connectivity index (χ3v) is 4.07. The molecule has 4 atom stereocenters. The highest BCUT2D eigenvalue weighted by atomic mass is 16.1. The van der Waals surface area contributed by atoms with Gasteiger partial charge in [-0.2, -0.15) is 0 Å². The standard InChI is InChI=1S/C14H28N2O/c1-4-5-12(15)9-14(17)16-13-7-6-10(2)11(3)8-13/h10-13H,4-9,15H2,1-3H3,(H,16,17). The molecule has 0 aliphatic heterocycles. The van der Waals surface area contributed by atoms with Gasteiger partial charge in [0.1, 0.15) is 0 Å². The number of nitrogens with one attached hydrogen (secondary N) is 1. The van der Waals surface area contributed by atoms with Crippen LogP contribution >= 0.6 is 0 Å². The molecule has 0 bridgehead atoms. The van der Waals surface area contributed by atoms with E-state index in [9.17, 15) is 4.79 Å². The first-order valence-electron chi connectivity index (χ1n) is 7.07. The maximum atomic E-state index is 11.8. The average Bonchev–Trinajstić information content (AvgIpc) is 2.23. The van der Waals surface area contributed by atoms with Crippen LogP contribution < -0.4 is 11.1 Å². The van der Waals surface area contributed by atoms with Crippen molar-refractivity contribution in [1.29, 1.82) is 0 Å². The van der Waals surface area contributed by atoms with Gasteiger partial charge in [-0.05, 0) is 37.5 Å². The van der Waals surface area contributed by atoms with Crippen molar-refractivity contribution in [2.24, 2.45) is 17.6 Å². The van der Waals surface area contributed by atoms with Crippen molar-refractivity contribution >= 4 is 5.91 Å². The molecule has 17 heavy (non-hydrogen) atoms. The molecule has 1 aliphatic carbocycles. The Kier molecular flexibility index (Phi) is 5.96. The van der Waals surface area contributed by atoms with Crippen LogP contribution in [0.25, 0.3) is 0 Å². The van der Waals surface area contributed by atoms with Crippen LogP contribution in [-0.2, 0) is 4.79 Å². The molecule has 100 valence electrons. The van der Waals surface area contributed by atoms with Crippen molar-refractivity contribution in [3.63, 3.8) is 0 Å². The predicted molar refractivity (Wildman–Crippen MR) is 71.6 cm³/mol. The highest BCUT2D eigenvalue weighted by Crippen LogP contribution is 2.29. The van der Waals surface area contributed by atoms with Gasteiger partial charge in [-0.1, -0.05) is 27.2 Å². The molecule has 0 spiro atoms. The first-order chi connectivity index (χ1) is 8.02. The van der Waals surface area contributed by atoms with Gasteiger partial charge in [0.2, 0.25) is 5.91 Å². The fraction of sp³-hybridized carbons (Fsp3) is 0.929. The van der Waals surface area contributed by atoms with E-state index >= 15 is 0 Å². The van der Waals surface area contributed by atoms with Crippen molar-refractivity contribution in [2.75, 3.05) is 0 Å². The van der Waals surface area contributed by atoms with E-state index in [2.05, 4.69) is 26.1 Å². The highest BCUT2D eigenvalue weighted by molar-refractivity contribution is 5.76. The molecule has 1 rings (SSSR count). The SMILES string of the molecule is CCCC(N)CC(=O)NC1CCC(C)C(C)C1. The van der Waals surface area contributed by atoms with Crippen LogP contribution in [0.2, 0.25) is 0 Å². The summed E-state index contributed by atoms with van der Waals surface area (Å²) in [5.41, 5.74) is 5.88. The fourth-order valence-corrected chi connectivity index (χ4v) is 2.68. The smallest absolute Gasteiger partial charge is 0.221 e. The van der Waals surface area contributed by atoms with Gasteiger partial charge in [0.15, 0.2) is 0 Å². The zero-order chi connectivity index (χ0) is 12.8. The van der Waals surface area contributed by atoms with Crippen molar-refractivity contribution in [3.05, 3.63) is 0 Å². The summed E-state index contributed by atoms with van der Waals surface area (Å²) < 4.78 is 0. The second kappa shape index (κ2) is 7.00. The van der Waals surface area contributed by atoms with Crippen LogP contribution in [-0.4, -0.2) is 18.0 Å². The Balaban J connectivity index is 2.27. The number of carbonyl (C=O) groups excluding carboxylic acids is 1. The summed E-state index contributed by atoms with van der Waals surface area (Å²) in [6.45, 7) is 6.69. The van der Waals surface area contributed by atoms with Crippen molar-refractivity contribution < 1.29 is 4.79 Å². The Bertz CT molecular complexity index is 242. The number of carbonyl (C=O) groups is 1. The zero-order valence-corrected chi connectivity index (χ0v) is 11.5. The molecule has 4 unspecified atom stereocenters. The quantitative estimate of drug-likeness (QED) is 0.775. The molecule has 1 saturated carbocycles. The average molecular weight is 240 g/mol. The zero-order valence-electron chi connectivity index (χ0n) is 11.5. The van der Waals surface area contributed by atoms with Crippen molar-refractivity contribution in [3.8, 4) is 0 Å². The summed E-state index contributed by atoms with van der Waals surface area (Å²) in [5, 5.41) is 3.14. The van der Waals surface area contributed by atoms with Gasteiger partial charge in [-0.3, -0.25) is 4.79 Å². The molecule has 0 radical (unpaired) electrons. The number of rotatable bonds is 5. The maximum absolute atomic E-state index is 11.8. The summed E-state index contributed by atoms with van der Waals surface area (Å²) in [5.74, 6) is 1.65. The third kappa shape index (κ3) is 5.07. The number of nitrogens with two attached hydrogens (primary N) is 1. The van der Waals surface area contributed by atoms with E-state index in [0.29, 0.717) is 12.5 Å². The van der Waals surface area contributed by atoms with Crippen LogP contribution in [0, 0.1) is 11.8 Å². The maximum Gasteiger partial charge on any atom is 0.221 e. The minimum Gasteiger partial charge on any atom is -0.353 e. The van der Waals surface area contributed by atoms with E-state index in [0.717, 1.165) is 37.5 Å². The lowest BCUT2D eigenvalue weighted by Gasteiger charge is -2.32. The Morgan fingerprint density at radius 1 is 1.35 bits per heavy atom. The monoisotopic (exact) mass is 240 g/mol. The summed E-state index contributed by atoms with van der Waals surface area (Å²) in [7, 11) is 0. The van der Waals surface area contributed by atoms with E-state index in [1.807, 2.05) is 0 Å². The summed E-state index contributed by atoms with van der Waals surface area (Å²) in [6, 6.07) is 0.405. The lowest BCUT2D eigenvalue weighted by molar-refractivity contribution is -0.122. The van der Waals surface area contributed by atoms with Gasteiger partial charge in [-0.15, -0.1) is 0 Å². The number of hydrogen-bond acceptors (Lipinski definition) is 2. The Morgan fingerprint density at radius 2 is 2.06 bits per heavy atom. The fourth-order valence-electron chi connectivity index (χ4n) is 2.68. The normalized spacial score (nSPS) is 30.9. The van der Waals surface area contributed by atoms with Gasteiger partial charge in [0.05, 0.1) is 0 Å². The molecule has 3 N–H and O–H groups in total. The molecule has 3 nitrogen and oxygen atoms in total. The third-order valence-electron chi connectivity index (χ3n) is 4.07. The topological polar surface area (TPSA) is 55.1 Å². The summed E-state index contributed by atoms with van der Waals surface area (Å²) in [4.78, 5) is 11.8. The molecular weight excluding hydrogens is 212 g/mol. The molecule has 1 amide bonds. The second-order valence-electron chi connectivity index (χ2n) is 5.78. The minimum atomic E-state index is 0.0277. The Hall–Kier alpha value is -0.570. The number of amides is 1. The van der Waals surface area contributed by atoms with Crippen LogP contribution in [0.3, 0.4) is 0 Å². The molecule has 1 fully saturated rings. The number of hydrogen-bond donors (Lipinski definition) is 2. The molecule has 0 aromatic carbocycles. The highest BCUT2D eigenvalue weighted by Gasteiger charge is 2.25. The van der Waals surface area contributed by atoms with E-state index in [4.69, 9.17) is 5.73 Å². The van der Waals surface area contributed by atoms with Gasteiger partial charge < -0.3 is 11.1 Å². The molecule has 0 saturated heterocycles. The lowest BCUT2D eigenvalue weighted by atomic mass is 9.79. The van der Waals surface area contributed by atoms with E-state index in [1.54, 1.807) is 0 Å². The molecule has 0 aromatic rings. The van der Waals surface area contributed by atoms with E-state index in [-0.39, 0.29) is 11.9 Å². The largest absolute Gasteiger partial charge is 0.353 e. The second-order valence-corrected chi connectivity index (χ2v) is 5.78.